The van der Waals surface area contributed by atoms with Gasteiger partial charge >= 0.3 is 0 Å². The predicted octanol–water partition coefficient (Wildman–Crippen LogP) is 2.36. The van der Waals surface area contributed by atoms with Gasteiger partial charge in [0.2, 0.25) is 0 Å². The van der Waals surface area contributed by atoms with E-state index >= 15 is 0 Å². The average Bonchev–Trinajstić information content (AvgIpc) is 2.34. The van der Waals surface area contributed by atoms with E-state index in [9.17, 15) is 9.18 Å². The maximum atomic E-state index is 13.1. The molecule has 0 saturated heterocycles. The van der Waals surface area contributed by atoms with Gasteiger partial charge in [0, 0.05) is 23.8 Å². The molecule has 1 heterocycles. The van der Waals surface area contributed by atoms with Gasteiger partial charge in [-0.3, -0.25) is 9.78 Å². The monoisotopic (exact) mass is 245 g/mol. The first-order valence-corrected chi connectivity index (χ1v) is 5.35. The number of amides is 1. The second kappa shape index (κ2) is 4.83. The van der Waals surface area contributed by atoms with Crippen molar-refractivity contribution >= 4 is 17.3 Å². The molecular formula is C13H12FN3O. The Balaban J connectivity index is 2.22. The summed E-state index contributed by atoms with van der Waals surface area (Å²) in [5.41, 5.74) is 7.29. The number of nitrogen functional groups attached to an aromatic ring is 1. The highest BCUT2D eigenvalue weighted by molar-refractivity contribution is 6.07. The van der Waals surface area contributed by atoms with Crippen molar-refractivity contribution in [1.82, 2.24) is 4.98 Å². The van der Waals surface area contributed by atoms with Crippen LogP contribution in [-0.2, 0) is 0 Å². The van der Waals surface area contributed by atoms with Crippen LogP contribution in [0.25, 0.3) is 0 Å². The number of anilines is 2. The molecule has 0 fully saturated rings. The molecule has 0 spiro atoms. The number of aromatic nitrogens is 1. The maximum Gasteiger partial charge on any atom is 0.259 e. The number of nitrogens with zero attached hydrogens (tertiary/aromatic N) is 1. The van der Waals surface area contributed by atoms with Crippen LogP contribution in [0.4, 0.5) is 15.8 Å². The zero-order valence-electron chi connectivity index (χ0n) is 9.77. The number of nitrogens with one attached hydrogen (secondary N) is 1. The Bertz CT molecular complexity index is 599. The van der Waals surface area contributed by atoms with Crippen molar-refractivity contribution in [2.24, 2.45) is 0 Å². The van der Waals surface area contributed by atoms with Crippen LogP contribution < -0.4 is 11.1 Å². The van der Waals surface area contributed by atoms with Crippen molar-refractivity contribution in [2.75, 3.05) is 11.1 Å². The second-order valence-corrected chi connectivity index (χ2v) is 3.88. The molecule has 0 bridgehead atoms. The molecule has 0 atom stereocenters. The summed E-state index contributed by atoms with van der Waals surface area (Å²) in [6.45, 7) is 1.63. The highest BCUT2D eigenvalue weighted by atomic mass is 19.1. The molecule has 4 nitrogen and oxygen atoms in total. The quantitative estimate of drug-likeness (QED) is 0.853. The van der Waals surface area contributed by atoms with Gasteiger partial charge < -0.3 is 11.1 Å². The number of halogens is 1. The van der Waals surface area contributed by atoms with Crippen LogP contribution in [0, 0.1) is 12.7 Å². The molecule has 1 aromatic heterocycles. The minimum absolute atomic E-state index is 0.291. The number of benzene rings is 1. The fourth-order valence-corrected chi connectivity index (χ4v) is 1.52. The summed E-state index contributed by atoms with van der Waals surface area (Å²) in [5.74, 6) is -0.680. The molecule has 92 valence electrons. The topological polar surface area (TPSA) is 68.0 Å². The summed E-state index contributed by atoms with van der Waals surface area (Å²) in [7, 11) is 0. The summed E-state index contributed by atoms with van der Waals surface area (Å²) in [4.78, 5) is 15.7. The molecular weight excluding hydrogens is 233 g/mol. The van der Waals surface area contributed by atoms with Crippen LogP contribution in [0.15, 0.2) is 36.7 Å². The number of hydrogen-bond donors (Lipinski definition) is 2. The Kier molecular flexibility index (Phi) is 3.23. The van der Waals surface area contributed by atoms with E-state index < -0.39 is 0 Å². The van der Waals surface area contributed by atoms with Crippen LogP contribution in [0.1, 0.15) is 15.9 Å². The van der Waals surface area contributed by atoms with Crippen molar-refractivity contribution in [3.05, 3.63) is 53.6 Å². The van der Waals surface area contributed by atoms with E-state index in [2.05, 4.69) is 10.3 Å². The summed E-state index contributed by atoms with van der Waals surface area (Å²) in [5, 5.41) is 2.64. The fraction of sp³-hybridized carbons (Fsp3) is 0.0769. The van der Waals surface area contributed by atoms with Gasteiger partial charge in [-0.1, -0.05) is 0 Å². The normalized spacial score (nSPS) is 10.1. The van der Waals surface area contributed by atoms with Crippen molar-refractivity contribution < 1.29 is 9.18 Å². The van der Waals surface area contributed by atoms with Crippen LogP contribution in [-0.4, -0.2) is 10.9 Å². The molecule has 0 aliphatic carbocycles. The number of hydrogen-bond acceptors (Lipinski definition) is 3. The number of nitrogens with two attached hydrogens (primary N) is 1. The summed E-state index contributed by atoms with van der Waals surface area (Å²) in [6.07, 6.45) is 2.90. The molecule has 1 aromatic carbocycles. The molecule has 0 aliphatic heterocycles. The van der Waals surface area contributed by atoms with Crippen LogP contribution >= 0.6 is 0 Å². The molecule has 0 unspecified atom stereocenters. The first kappa shape index (κ1) is 12.0. The van der Waals surface area contributed by atoms with Crippen molar-refractivity contribution in [2.45, 2.75) is 6.92 Å². The summed E-state index contributed by atoms with van der Waals surface area (Å²) in [6, 6.07) is 5.90. The SMILES string of the molecule is Cc1cc(NC(=O)c2cnccc2N)ccc1F. The van der Waals surface area contributed by atoms with Crippen molar-refractivity contribution in [1.29, 1.82) is 0 Å². The van der Waals surface area contributed by atoms with Gasteiger partial charge in [0.25, 0.3) is 5.91 Å². The molecule has 1 amide bonds. The Hall–Kier alpha value is -2.43. The summed E-state index contributed by atoms with van der Waals surface area (Å²) < 4.78 is 13.1. The van der Waals surface area contributed by atoms with E-state index in [-0.39, 0.29) is 11.7 Å². The fourth-order valence-electron chi connectivity index (χ4n) is 1.52. The lowest BCUT2D eigenvalue weighted by Gasteiger charge is -2.07. The Morgan fingerprint density at radius 2 is 2.17 bits per heavy atom. The van der Waals surface area contributed by atoms with Gasteiger partial charge in [0.05, 0.1) is 5.56 Å². The largest absolute Gasteiger partial charge is 0.398 e. The number of carbonyl (C=O) groups is 1. The van der Waals surface area contributed by atoms with E-state index in [1.165, 1.54) is 24.5 Å². The van der Waals surface area contributed by atoms with E-state index in [0.29, 0.717) is 22.5 Å². The lowest BCUT2D eigenvalue weighted by Crippen LogP contribution is -2.14. The lowest BCUT2D eigenvalue weighted by atomic mass is 10.2. The summed E-state index contributed by atoms with van der Waals surface area (Å²) >= 11 is 0. The number of rotatable bonds is 2. The molecule has 2 rings (SSSR count). The van der Waals surface area contributed by atoms with Gasteiger partial charge in [-0.2, -0.15) is 0 Å². The standard InChI is InChI=1S/C13H12FN3O/c1-8-6-9(2-3-11(8)14)17-13(18)10-7-16-5-4-12(10)15/h2-7H,1H3,(H2,15,16)(H,17,18). The predicted molar refractivity (Wildman–Crippen MR) is 67.7 cm³/mol. The van der Waals surface area contributed by atoms with Gasteiger partial charge in [-0.05, 0) is 36.8 Å². The van der Waals surface area contributed by atoms with E-state index in [0.717, 1.165) is 0 Å². The van der Waals surface area contributed by atoms with E-state index in [1.807, 2.05) is 0 Å². The number of pyridine rings is 1. The second-order valence-electron chi connectivity index (χ2n) is 3.88. The first-order chi connectivity index (χ1) is 8.58. The molecule has 0 radical (unpaired) electrons. The highest BCUT2D eigenvalue weighted by Crippen LogP contribution is 2.16. The molecule has 5 heteroatoms. The minimum Gasteiger partial charge on any atom is -0.398 e. The van der Waals surface area contributed by atoms with Crippen LogP contribution in [0.3, 0.4) is 0 Å². The van der Waals surface area contributed by atoms with Gasteiger partial charge in [-0.15, -0.1) is 0 Å². The third-order valence-electron chi connectivity index (χ3n) is 2.52. The van der Waals surface area contributed by atoms with E-state index in [1.54, 1.807) is 19.1 Å². The molecule has 18 heavy (non-hydrogen) atoms. The zero-order valence-corrected chi connectivity index (χ0v) is 9.77. The van der Waals surface area contributed by atoms with Crippen LogP contribution in [0.5, 0.6) is 0 Å². The van der Waals surface area contributed by atoms with Crippen molar-refractivity contribution in [3.8, 4) is 0 Å². The first-order valence-electron chi connectivity index (χ1n) is 5.35. The molecule has 2 aromatic rings. The van der Waals surface area contributed by atoms with Gasteiger partial charge in [-0.25, -0.2) is 4.39 Å². The molecule has 3 N–H and O–H groups in total. The number of carbonyl (C=O) groups excluding carboxylic acids is 1. The van der Waals surface area contributed by atoms with E-state index in [4.69, 9.17) is 5.73 Å². The van der Waals surface area contributed by atoms with Gasteiger partial charge in [0.1, 0.15) is 5.82 Å². The smallest absolute Gasteiger partial charge is 0.259 e. The Labute approximate surface area is 104 Å². The average molecular weight is 245 g/mol. The zero-order chi connectivity index (χ0) is 13.1. The highest BCUT2D eigenvalue weighted by Gasteiger charge is 2.10. The lowest BCUT2D eigenvalue weighted by molar-refractivity contribution is 0.102. The van der Waals surface area contributed by atoms with Gasteiger partial charge in [0.15, 0.2) is 0 Å². The Morgan fingerprint density at radius 3 is 2.83 bits per heavy atom. The Morgan fingerprint density at radius 1 is 1.39 bits per heavy atom. The van der Waals surface area contributed by atoms with Crippen LogP contribution in [0.2, 0.25) is 0 Å². The molecule has 0 aliphatic rings. The minimum atomic E-state index is -0.369. The third kappa shape index (κ3) is 2.45. The number of aryl methyl sites for hydroxylation is 1. The third-order valence-corrected chi connectivity index (χ3v) is 2.52. The van der Waals surface area contributed by atoms with Crippen molar-refractivity contribution in [3.63, 3.8) is 0 Å². The maximum absolute atomic E-state index is 13.1. The molecule has 0 saturated carbocycles.